The van der Waals surface area contributed by atoms with Gasteiger partial charge in [0.15, 0.2) is 0 Å². The van der Waals surface area contributed by atoms with E-state index in [4.69, 9.17) is 0 Å². The lowest BCUT2D eigenvalue weighted by molar-refractivity contribution is 0.548. The van der Waals surface area contributed by atoms with Gasteiger partial charge in [0.2, 0.25) is 0 Å². The summed E-state index contributed by atoms with van der Waals surface area (Å²) < 4.78 is 26.0. The average Bonchev–Trinajstić information content (AvgIpc) is 2.10. The summed E-state index contributed by atoms with van der Waals surface area (Å²) in [5.41, 5.74) is 0.170. The zero-order valence-electron chi connectivity index (χ0n) is 7.61. The maximum atomic E-state index is 13.0. The van der Waals surface area contributed by atoms with Crippen LogP contribution >= 0.6 is 0 Å². The van der Waals surface area contributed by atoms with Crippen molar-refractivity contribution in [1.82, 2.24) is 5.32 Å². The van der Waals surface area contributed by atoms with Crippen LogP contribution in [0.3, 0.4) is 0 Å². The summed E-state index contributed by atoms with van der Waals surface area (Å²) >= 11 is 0. The van der Waals surface area contributed by atoms with Crippen LogP contribution in [0.25, 0.3) is 0 Å². The van der Waals surface area contributed by atoms with Crippen LogP contribution in [0.4, 0.5) is 8.78 Å². The molecule has 0 aliphatic carbocycles. The van der Waals surface area contributed by atoms with Crippen LogP contribution in [0.15, 0.2) is 18.2 Å². The Bertz CT molecular complexity index is 253. The Morgan fingerprint density at radius 3 is 2.38 bits per heavy atom. The van der Waals surface area contributed by atoms with Gasteiger partial charge in [0, 0.05) is 5.56 Å². The summed E-state index contributed by atoms with van der Waals surface area (Å²) in [7, 11) is 0. The second-order valence-electron chi connectivity index (χ2n) is 2.80. The van der Waals surface area contributed by atoms with Crippen molar-refractivity contribution in [3.05, 3.63) is 35.4 Å². The van der Waals surface area contributed by atoms with E-state index in [-0.39, 0.29) is 5.56 Å². The van der Waals surface area contributed by atoms with Gasteiger partial charge < -0.3 is 5.32 Å². The highest BCUT2D eigenvalue weighted by Gasteiger charge is 2.06. The van der Waals surface area contributed by atoms with E-state index < -0.39 is 11.6 Å². The third kappa shape index (κ3) is 2.77. The Morgan fingerprint density at radius 2 is 1.85 bits per heavy atom. The van der Waals surface area contributed by atoms with E-state index in [2.05, 4.69) is 5.32 Å². The van der Waals surface area contributed by atoms with Crippen molar-refractivity contribution in [3.8, 4) is 0 Å². The van der Waals surface area contributed by atoms with Gasteiger partial charge in [-0.15, -0.1) is 0 Å². The summed E-state index contributed by atoms with van der Waals surface area (Å²) in [5, 5.41) is 3.02. The van der Waals surface area contributed by atoms with E-state index in [1.165, 1.54) is 18.2 Å². The fourth-order valence-corrected chi connectivity index (χ4v) is 1.16. The maximum Gasteiger partial charge on any atom is 0.129 e. The predicted octanol–water partition coefficient (Wildman–Crippen LogP) is 2.12. The number of rotatable bonds is 4. The maximum absolute atomic E-state index is 13.0. The van der Waals surface area contributed by atoms with Gasteiger partial charge in [0.1, 0.15) is 11.6 Å². The quantitative estimate of drug-likeness (QED) is 0.708. The average molecular weight is 185 g/mol. The van der Waals surface area contributed by atoms with Gasteiger partial charge >= 0.3 is 0 Å². The third-order valence-corrected chi connectivity index (χ3v) is 1.86. The largest absolute Gasteiger partial charge is 0.317 e. The lowest BCUT2D eigenvalue weighted by Crippen LogP contribution is -2.17. The molecule has 0 saturated carbocycles. The fourth-order valence-electron chi connectivity index (χ4n) is 1.16. The number of hydrogen-bond acceptors (Lipinski definition) is 1. The highest BCUT2D eigenvalue weighted by atomic mass is 19.1. The number of benzene rings is 1. The highest BCUT2D eigenvalue weighted by Crippen LogP contribution is 2.11. The summed E-state index contributed by atoms with van der Waals surface area (Å²) in [4.78, 5) is 0. The Morgan fingerprint density at radius 1 is 1.23 bits per heavy atom. The lowest BCUT2D eigenvalue weighted by Gasteiger charge is -2.04. The molecule has 0 amide bonds. The van der Waals surface area contributed by atoms with Gasteiger partial charge in [-0.05, 0) is 31.6 Å². The van der Waals surface area contributed by atoms with Crippen LogP contribution in [-0.2, 0) is 6.42 Å². The molecule has 0 aliphatic heterocycles. The predicted molar refractivity (Wildman–Crippen MR) is 48.6 cm³/mol. The standard InChI is InChI=1S/C10H13F2N/c1-2-13-7-6-8-9(11)4-3-5-10(8)12/h3-5,13H,2,6-7H2,1H3. The summed E-state index contributed by atoms with van der Waals surface area (Å²) in [5.74, 6) is -0.921. The molecule has 1 aromatic carbocycles. The second kappa shape index (κ2) is 4.92. The Hall–Kier alpha value is -0.960. The van der Waals surface area contributed by atoms with E-state index in [0.29, 0.717) is 13.0 Å². The van der Waals surface area contributed by atoms with E-state index >= 15 is 0 Å². The number of likely N-dealkylation sites (N-methyl/N-ethyl adjacent to an activating group) is 1. The van der Waals surface area contributed by atoms with E-state index in [1.54, 1.807) is 0 Å². The Labute approximate surface area is 76.8 Å². The van der Waals surface area contributed by atoms with E-state index in [1.807, 2.05) is 6.92 Å². The van der Waals surface area contributed by atoms with Crippen LogP contribution in [0.2, 0.25) is 0 Å². The van der Waals surface area contributed by atoms with Crippen LogP contribution in [0.5, 0.6) is 0 Å². The molecule has 3 heteroatoms. The molecule has 0 aromatic heterocycles. The molecule has 0 aliphatic rings. The molecule has 1 N–H and O–H groups in total. The van der Waals surface area contributed by atoms with Crippen molar-refractivity contribution in [2.45, 2.75) is 13.3 Å². The molecule has 13 heavy (non-hydrogen) atoms. The van der Waals surface area contributed by atoms with Crippen molar-refractivity contribution in [2.24, 2.45) is 0 Å². The number of hydrogen-bond donors (Lipinski definition) is 1. The molecule has 0 fully saturated rings. The van der Waals surface area contributed by atoms with Gasteiger partial charge in [-0.1, -0.05) is 13.0 Å². The summed E-state index contributed by atoms with van der Waals surface area (Å²) in [6.07, 6.45) is 0.395. The summed E-state index contributed by atoms with van der Waals surface area (Å²) in [6.45, 7) is 3.38. The molecular formula is C10H13F2N. The van der Waals surface area contributed by atoms with Gasteiger partial charge in [-0.25, -0.2) is 8.78 Å². The smallest absolute Gasteiger partial charge is 0.129 e. The van der Waals surface area contributed by atoms with Crippen molar-refractivity contribution in [3.63, 3.8) is 0 Å². The third-order valence-electron chi connectivity index (χ3n) is 1.86. The molecule has 1 nitrogen and oxygen atoms in total. The molecular weight excluding hydrogens is 172 g/mol. The van der Waals surface area contributed by atoms with Gasteiger partial charge in [0.25, 0.3) is 0 Å². The molecule has 0 spiro atoms. The molecule has 0 saturated heterocycles. The van der Waals surface area contributed by atoms with Crippen LogP contribution in [-0.4, -0.2) is 13.1 Å². The van der Waals surface area contributed by atoms with Crippen LogP contribution in [0.1, 0.15) is 12.5 Å². The van der Waals surface area contributed by atoms with Crippen molar-refractivity contribution in [1.29, 1.82) is 0 Å². The molecule has 1 rings (SSSR count). The molecule has 0 bridgehead atoms. The molecule has 0 atom stereocenters. The number of halogens is 2. The minimum Gasteiger partial charge on any atom is -0.317 e. The van der Waals surface area contributed by atoms with Crippen molar-refractivity contribution < 1.29 is 8.78 Å². The summed E-state index contributed by atoms with van der Waals surface area (Å²) in [6, 6.07) is 3.94. The van der Waals surface area contributed by atoms with Gasteiger partial charge in [-0.3, -0.25) is 0 Å². The normalized spacial score (nSPS) is 10.4. The Balaban J connectivity index is 2.64. The van der Waals surface area contributed by atoms with Gasteiger partial charge in [-0.2, -0.15) is 0 Å². The molecule has 0 radical (unpaired) electrons. The molecule has 0 unspecified atom stereocenters. The minimum absolute atomic E-state index is 0.170. The van der Waals surface area contributed by atoms with Crippen molar-refractivity contribution >= 4 is 0 Å². The SMILES string of the molecule is CCNCCc1c(F)cccc1F. The van der Waals surface area contributed by atoms with E-state index in [9.17, 15) is 8.78 Å². The zero-order chi connectivity index (χ0) is 9.68. The molecule has 72 valence electrons. The molecule has 1 aromatic rings. The zero-order valence-corrected chi connectivity index (χ0v) is 7.61. The first-order valence-corrected chi connectivity index (χ1v) is 4.39. The first-order valence-electron chi connectivity index (χ1n) is 4.39. The molecule has 0 heterocycles. The Kier molecular flexibility index (Phi) is 3.83. The second-order valence-corrected chi connectivity index (χ2v) is 2.80. The minimum atomic E-state index is -0.460. The first kappa shape index (κ1) is 10.1. The van der Waals surface area contributed by atoms with Crippen LogP contribution in [0, 0.1) is 11.6 Å². The first-order chi connectivity index (χ1) is 6.25. The van der Waals surface area contributed by atoms with Crippen LogP contribution < -0.4 is 5.32 Å². The topological polar surface area (TPSA) is 12.0 Å². The van der Waals surface area contributed by atoms with Gasteiger partial charge in [0.05, 0.1) is 0 Å². The van der Waals surface area contributed by atoms with Crippen molar-refractivity contribution in [2.75, 3.05) is 13.1 Å². The lowest BCUT2D eigenvalue weighted by atomic mass is 10.1. The number of nitrogens with one attached hydrogen (secondary N) is 1. The monoisotopic (exact) mass is 185 g/mol. The highest BCUT2D eigenvalue weighted by molar-refractivity contribution is 5.19. The fraction of sp³-hybridized carbons (Fsp3) is 0.400. The van der Waals surface area contributed by atoms with E-state index in [0.717, 1.165) is 6.54 Å².